The number of hydrogen-bond acceptors (Lipinski definition) is 2. The van der Waals surface area contributed by atoms with Crippen molar-refractivity contribution in [2.24, 2.45) is 5.92 Å². The van der Waals surface area contributed by atoms with Gasteiger partial charge in [-0.15, -0.1) is 0 Å². The molecule has 1 fully saturated rings. The molecule has 116 valence electrons. The third-order valence-electron chi connectivity index (χ3n) is 5.09. The number of para-hydroxylation sites is 1. The summed E-state index contributed by atoms with van der Waals surface area (Å²) in [6.07, 6.45) is 7.89. The van der Waals surface area contributed by atoms with Gasteiger partial charge in [-0.05, 0) is 38.2 Å². The van der Waals surface area contributed by atoms with E-state index in [4.69, 9.17) is 4.74 Å². The Morgan fingerprint density at radius 1 is 1.19 bits per heavy atom. The molecular formula is C19H29NO. The van der Waals surface area contributed by atoms with E-state index in [2.05, 4.69) is 44.3 Å². The number of hydrogen-bond donors (Lipinski definition) is 1. The molecule has 21 heavy (non-hydrogen) atoms. The van der Waals surface area contributed by atoms with Crippen LogP contribution in [-0.2, 0) is 13.0 Å². The van der Waals surface area contributed by atoms with Crippen molar-refractivity contribution in [2.45, 2.75) is 77.5 Å². The molecule has 1 saturated carbocycles. The maximum Gasteiger partial charge on any atom is 0.127 e. The Morgan fingerprint density at radius 3 is 2.86 bits per heavy atom. The van der Waals surface area contributed by atoms with E-state index in [-0.39, 0.29) is 5.60 Å². The van der Waals surface area contributed by atoms with Crippen molar-refractivity contribution in [3.8, 4) is 5.75 Å². The third kappa shape index (κ3) is 3.42. The van der Waals surface area contributed by atoms with Crippen molar-refractivity contribution in [1.82, 2.24) is 5.32 Å². The van der Waals surface area contributed by atoms with Crippen LogP contribution in [0.3, 0.4) is 0 Å². The standard InChI is InChI=1S/C19H29NO/c1-14-8-5-4-6-11-17(14)20-13-16-10-7-9-15-12-19(2,3)21-18(15)16/h7,9-10,14,17,20H,4-6,8,11-13H2,1-3H3. The fourth-order valence-electron chi connectivity index (χ4n) is 3.86. The molecule has 1 aliphatic heterocycles. The van der Waals surface area contributed by atoms with Crippen molar-refractivity contribution >= 4 is 0 Å². The van der Waals surface area contributed by atoms with Crippen molar-refractivity contribution < 1.29 is 4.74 Å². The van der Waals surface area contributed by atoms with Gasteiger partial charge in [-0.25, -0.2) is 0 Å². The van der Waals surface area contributed by atoms with Crippen molar-refractivity contribution in [3.05, 3.63) is 29.3 Å². The van der Waals surface area contributed by atoms with Gasteiger partial charge in [0.15, 0.2) is 0 Å². The SMILES string of the molecule is CC1CCCCCC1NCc1cccc2c1OC(C)(C)C2. The van der Waals surface area contributed by atoms with Gasteiger partial charge in [-0.2, -0.15) is 0 Å². The van der Waals surface area contributed by atoms with Crippen LogP contribution < -0.4 is 10.1 Å². The smallest absolute Gasteiger partial charge is 0.127 e. The molecule has 0 bridgehead atoms. The highest BCUT2D eigenvalue weighted by Crippen LogP contribution is 2.37. The topological polar surface area (TPSA) is 21.3 Å². The van der Waals surface area contributed by atoms with Gasteiger partial charge in [0.2, 0.25) is 0 Å². The fourth-order valence-corrected chi connectivity index (χ4v) is 3.86. The Morgan fingerprint density at radius 2 is 2.00 bits per heavy atom. The molecule has 0 amide bonds. The zero-order valence-corrected chi connectivity index (χ0v) is 13.7. The Labute approximate surface area is 129 Å². The first kappa shape index (κ1) is 14.9. The van der Waals surface area contributed by atoms with Gasteiger partial charge in [-0.3, -0.25) is 0 Å². The van der Waals surface area contributed by atoms with Crippen LogP contribution in [0.1, 0.15) is 64.0 Å². The van der Waals surface area contributed by atoms with Crippen LogP contribution in [0.5, 0.6) is 5.75 Å². The van der Waals surface area contributed by atoms with E-state index in [9.17, 15) is 0 Å². The van der Waals surface area contributed by atoms with E-state index >= 15 is 0 Å². The molecule has 2 atom stereocenters. The van der Waals surface area contributed by atoms with Crippen LogP contribution in [0.25, 0.3) is 0 Å². The summed E-state index contributed by atoms with van der Waals surface area (Å²) in [5, 5.41) is 3.80. The number of rotatable bonds is 3. The molecule has 0 saturated heterocycles. The monoisotopic (exact) mass is 287 g/mol. The molecular weight excluding hydrogens is 258 g/mol. The van der Waals surface area contributed by atoms with Crippen molar-refractivity contribution in [3.63, 3.8) is 0 Å². The second-order valence-electron chi connectivity index (χ2n) is 7.55. The molecule has 2 nitrogen and oxygen atoms in total. The molecule has 1 aliphatic carbocycles. The summed E-state index contributed by atoms with van der Waals surface area (Å²) in [5.74, 6) is 1.93. The molecule has 0 aromatic heterocycles. The summed E-state index contributed by atoms with van der Waals surface area (Å²) in [5.41, 5.74) is 2.65. The third-order valence-corrected chi connectivity index (χ3v) is 5.09. The minimum absolute atomic E-state index is 0.0476. The van der Waals surface area contributed by atoms with Gasteiger partial charge in [-0.1, -0.05) is 44.4 Å². The molecule has 1 aromatic carbocycles. The Bertz CT molecular complexity index is 494. The lowest BCUT2D eigenvalue weighted by Gasteiger charge is -2.24. The molecule has 1 heterocycles. The molecule has 2 unspecified atom stereocenters. The summed E-state index contributed by atoms with van der Waals surface area (Å²) < 4.78 is 6.18. The molecule has 2 heteroatoms. The van der Waals surface area contributed by atoms with Crippen LogP contribution in [0.4, 0.5) is 0 Å². The Hall–Kier alpha value is -1.02. The normalized spacial score (nSPS) is 27.8. The second kappa shape index (κ2) is 6.00. The molecule has 2 aliphatic rings. The van der Waals surface area contributed by atoms with Crippen LogP contribution in [0, 0.1) is 5.92 Å². The largest absolute Gasteiger partial charge is 0.487 e. The zero-order chi connectivity index (χ0) is 14.9. The van der Waals surface area contributed by atoms with E-state index in [1.54, 1.807) is 0 Å². The van der Waals surface area contributed by atoms with E-state index < -0.39 is 0 Å². The maximum atomic E-state index is 6.18. The quantitative estimate of drug-likeness (QED) is 0.829. The fraction of sp³-hybridized carbons (Fsp3) is 0.684. The number of nitrogens with one attached hydrogen (secondary N) is 1. The van der Waals surface area contributed by atoms with Gasteiger partial charge >= 0.3 is 0 Å². The first-order valence-corrected chi connectivity index (χ1v) is 8.58. The van der Waals surface area contributed by atoms with E-state index in [0.717, 1.165) is 24.6 Å². The van der Waals surface area contributed by atoms with Crippen molar-refractivity contribution in [1.29, 1.82) is 0 Å². The lowest BCUT2D eigenvalue weighted by atomic mass is 9.96. The van der Waals surface area contributed by atoms with Crippen LogP contribution in [0.2, 0.25) is 0 Å². The molecule has 1 aromatic rings. The molecule has 0 spiro atoms. The lowest BCUT2D eigenvalue weighted by Crippen LogP contribution is -2.34. The van der Waals surface area contributed by atoms with Crippen molar-refractivity contribution in [2.75, 3.05) is 0 Å². The minimum atomic E-state index is -0.0476. The summed E-state index contributed by atoms with van der Waals surface area (Å²) in [6.45, 7) is 7.70. The number of benzene rings is 1. The van der Waals surface area contributed by atoms with Gasteiger partial charge < -0.3 is 10.1 Å². The first-order chi connectivity index (χ1) is 10.1. The number of ether oxygens (including phenoxy) is 1. The highest BCUT2D eigenvalue weighted by molar-refractivity contribution is 5.45. The Balaban J connectivity index is 1.68. The Kier molecular flexibility index (Phi) is 4.26. The summed E-state index contributed by atoms with van der Waals surface area (Å²) >= 11 is 0. The maximum absolute atomic E-state index is 6.18. The second-order valence-corrected chi connectivity index (χ2v) is 7.55. The number of fused-ring (bicyclic) bond motifs is 1. The predicted octanol–water partition coefficient (Wildman–Crippen LogP) is 4.46. The van der Waals surface area contributed by atoms with Gasteiger partial charge in [0.1, 0.15) is 11.4 Å². The molecule has 0 radical (unpaired) electrons. The van der Waals surface area contributed by atoms with Crippen LogP contribution in [0.15, 0.2) is 18.2 Å². The summed E-state index contributed by atoms with van der Waals surface area (Å²) in [6, 6.07) is 7.27. The van der Waals surface area contributed by atoms with Crippen LogP contribution >= 0.6 is 0 Å². The minimum Gasteiger partial charge on any atom is -0.487 e. The first-order valence-electron chi connectivity index (χ1n) is 8.58. The predicted molar refractivity (Wildman–Crippen MR) is 87.7 cm³/mol. The van der Waals surface area contributed by atoms with Gasteiger partial charge in [0.25, 0.3) is 0 Å². The van der Waals surface area contributed by atoms with E-state index in [1.807, 2.05) is 0 Å². The van der Waals surface area contributed by atoms with Gasteiger partial charge in [0, 0.05) is 24.6 Å². The molecule has 3 rings (SSSR count). The lowest BCUT2D eigenvalue weighted by molar-refractivity contribution is 0.137. The summed E-state index contributed by atoms with van der Waals surface area (Å²) in [7, 11) is 0. The van der Waals surface area contributed by atoms with E-state index in [1.165, 1.54) is 43.2 Å². The van der Waals surface area contributed by atoms with E-state index in [0.29, 0.717) is 6.04 Å². The zero-order valence-electron chi connectivity index (χ0n) is 13.7. The average Bonchev–Trinajstić information content (AvgIpc) is 2.61. The molecule has 1 N–H and O–H groups in total. The summed E-state index contributed by atoms with van der Waals surface area (Å²) in [4.78, 5) is 0. The highest BCUT2D eigenvalue weighted by Gasteiger charge is 2.31. The van der Waals surface area contributed by atoms with Gasteiger partial charge in [0.05, 0.1) is 0 Å². The van der Waals surface area contributed by atoms with Crippen LogP contribution in [-0.4, -0.2) is 11.6 Å². The average molecular weight is 287 g/mol. The highest BCUT2D eigenvalue weighted by atomic mass is 16.5.